The molecule has 0 unspecified atom stereocenters. The van der Waals surface area contributed by atoms with Crippen LogP contribution in [0.4, 0.5) is 17.2 Å². The molecule has 3 aromatic rings. The Morgan fingerprint density at radius 2 is 2.03 bits per heavy atom. The SMILES string of the molecule is Nc1ncc2nc1C(=O)Nc1cnccc1N1CCC(CC1)Oc1cccc-2c1. The van der Waals surface area contributed by atoms with Crippen LogP contribution in [-0.2, 0) is 0 Å². The molecule has 3 aliphatic heterocycles. The molecule has 1 saturated heterocycles. The Bertz CT molecular complexity index is 1080. The van der Waals surface area contributed by atoms with Crippen LogP contribution in [-0.4, -0.2) is 40.1 Å². The van der Waals surface area contributed by atoms with Gasteiger partial charge in [-0.3, -0.25) is 9.78 Å². The molecule has 0 saturated carbocycles. The van der Waals surface area contributed by atoms with Crippen molar-refractivity contribution >= 4 is 23.1 Å². The van der Waals surface area contributed by atoms with E-state index >= 15 is 0 Å². The van der Waals surface area contributed by atoms with Gasteiger partial charge in [-0.15, -0.1) is 0 Å². The first-order valence-corrected chi connectivity index (χ1v) is 9.57. The summed E-state index contributed by atoms with van der Waals surface area (Å²) in [5.74, 6) is 0.447. The van der Waals surface area contributed by atoms with Gasteiger partial charge in [0.15, 0.2) is 11.5 Å². The highest BCUT2D eigenvalue weighted by atomic mass is 16.5. The average Bonchev–Trinajstić information content (AvgIpc) is 2.75. The lowest BCUT2D eigenvalue weighted by molar-refractivity contribution is 0.102. The van der Waals surface area contributed by atoms with E-state index in [2.05, 4.69) is 25.2 Å². The number of nitrogens with one attached hydrogen (secondary N) is 1. The van der Waals surface area contributed by atoms with Gasteiger partial charge < -0.3 is 20.7 Å². The summed E-state index contributed by atoms with van der Waals surface area (Å²) in [6.45, 7) is 1.65. The van der Waals surface area contributed by atoms with Gasteiger partial charge in [0.05, 0.1) is 29.5 Å². The van der Waals surface area contributed by atoms with E-state index in [1.165, 1.54) is 0 Å². The molecule has 29 heavy (non-hydrogen) atoms. The Morgan fingerprint density at radius 3 is 2.90 bits per heavy atom. The Balaban J connectivity index is 1.63. The van der Waals surface area contributed by atoms with E-state index < -0.39 is 5.91 Å². The van der Waals surface area contributed by atoms with Crippen molar-refractivity contribution in [2.24, 2.45) is 0 Å². The fourth-order valence-electron chi connectivity index (χ4n) is 3.78. The van der Waals surface area contributed by atoms with Crippen molar-refractivity contribution in [1.29, 1.82) is 0 Å². The van der Waals surface area contributed by atoms with E-state index in [-0.39, 0.29) is 17.6 Å². The number of carbonyl (C=O) groups excluding carboxylic acids is 1. The standard InChI is InChI=1S/C21H20N6O2/c22-20-19-21(28)26-17-11-23-7-4-18(17)27-8-5-14(6-9-27)29-15-3-1-2-13(10-15)16(25-19)12-24-20/h1-4,7,10-12,14H,5-6,8-9H2,(H2,22,24)(H,26,28). The molecule has 0 spiro atoms. The Hall–Kier alpha value is -3.68. The Kier molecular flexibility index (Phi) is 4.23. The summed E-state index contributed by atoms with van der Waals surface area (Å²) in [6.07, 6.45) is 6.85. The molecule has 6 rings (SSSR count). The molecular formula is C21H20N6O2. The highest BCUT2D eigenvalue weighted by Gasteiger charge is 2.24. The van der Waals surface area contributed by atoms with Crippen molar-refractivity contribution in [1.82, 2.24) is 15.0 Å². The van der Waals surface area contributed by atoms with Crippen molar-refractivity contribution in [2.45, 2.75) is 18.9 Å². The lowest BCUT2D eigenvalue weighted by atomic mass is 10.1. The number of nitrogen functional groups attached to an aromatic ring is 1. The fourth-order valence-corrected chi connectivity index (χ4v) is 3.78. The van der Waals surface area contributed by atoms with E-state index in [4.69, 9.17) is 10.5 Å². The summed E-state index contributed by atoms with van der Waals surface area (Å²) < 4.78 is 6.23. The first kappa shape index (κ1) is 17.4. The van der Waals surface area contributed by atoms with Crippen molar-refractivity contribution in [3.8, 4) is 17.0 Å². The number of benzene rings is 1. The predicted molar refractivity (Wildman–Crippen MR) is 110 cm³/mol. The minimum Gasteiger partial charge on any atom is -0.490 e. The van der Waals surface area contributed by atoms with Crippen LogP contribution in [0, 0.1) is 0 Å². The zero-order valence-corrected chi connectivity index (χ0v) is 15.7. The summed E-state index contributed by atoms with van der Waals surface area (Å²) in [5.41, 5.74) is 8.96. The minimum absolute atomic E-state index is 0.0784. The monoisotopic (exact) mass is 388 g/mol. The van der Waals surface area contributed by atoms with Crippen LogP contribution in [0.1, 0.15) is 23.3 Å². The Morgan fingerprint density at radius 1 is 1.17 bits per heavy atom. The van der Waals surface area contributed by atoms with E-state index in [1.54, 1.807) is 18.6 Å². The van der Waals surface area contributed by atoms with Gasteiger partial charge in [0.25, 0.3) is 5.91 Å². The molecule has 146 valence electrons. The van der Waals surface area contributed by atoms with E-state index in [9.17, 15) is 4.79 Å². The zero-order chi connectivity index (χ0) is 19.8. The topological polar surface area (TPSA) is 106 Å². The average molecular weight is 388 g/mol. The first-order valence-electron chi connectivity index (χ1n) is 9.57. The number of piperidine rings is 1. The van der Waals surface area contributed by atoms with Crippen LogP contribution in [0.15, 0.2) is 48.9 Å². The van der Waals surface area contributed by atoms with Crippen LogP contribution in [0.5, 0.6) is 5.75 Å². The third kappa shape index (κ3) is 3.33. The number of carbonyl (C=O) groups is 1. The third-order valence-electron chi connectivity index (χ3n) is 5.28. The smallest absolute Gasteiger partial charge is 0.278 e. The highest BCUT2D eigenvalue weighted by Crippen LogP contribution is 2.31. The minimum atomic E-state index is -0.414. The van der Waals surface area contributed by atoms with Gasteiger partial charge in [-0.05, 0) is 18.2 Å². The van der Waals surface area contributed by atoms with E-state index in [0.29, 0.717) is 11.4 Å². The number of ether oxygens (including phenoxy) is 1. The summed E-state index contributed by atoms with van der Waals surface area (Å²) in [6, 6.07) is 9.59. The van der Waals surface area contributed by atoms with Crippen molar-refractivity contribution in [2.75, 3.05) is 29.0 Å². The number of hydrogen-bond donors (Lipinski definition) is 2. The second-order valence-corrected chi connectivity index (χ2v) is 7.17. The number of aromatic nitrogens is 3. The third-order valence-corrected chi connectivity index (χ3v) is 5.28. The van der Waals surface area contributed by atoms with Gasteiger partial charge >= 0.3 is 0 Å². The van der Waals surface area contributed by atoms with Crippen molar-refractivity contribution in [3.63, 3.8) is 0 Å². The number of hydrogen-bond acceptors (Lipinski definition) is 7. The number of pyridine rings is 1. The number of fused-ring (bicyclic) bond motifs is 3. The molecular weight excluding hydrogens is 368 g/mol. The van der Waals surface area contributed by atoms with Gasteiger partial charge in [-0.25, -0.2) is 9.97 Å². The van der Waals surface area contributed by atoms with E-state index in [0.717, 1.165) is 42.9 Å². The van der Waals surface area contributed by atoms with Crippen molar-refractivity contribution < 1.29 is 9.53 Å². The maximum absolute atomic E-state index is 13.0. The molecule has 6 bridgehead atoms. The van der Waals surface area contributed by atoms with Gasteiger partial charge in [0.1, 0.15) is 11.9 Å². The van der Waals surface area contributed by atoms with Crippen LogP contribution in [0.25, 0.3) is 11.3 Å². The summed E-state index contributed by atoms with van der Waals surface area (Å²) in [4.78, 5) is 28.0. The second kappa shape index (κ2) is 7.05. The second-order valence-electron chi connectivity index (χ2n) is 7.17. The molecule has 5 heterocycles. The van der Waals surface area contributed by atoms with Crippen LogP contribution in [0.3, 0.4) is 0 Å². The molecule has 8 nitrogen and oxygen atoms in total. The number of amides is 1. The molecule has 2 aromatic heterocycles. The highest BCUT2D eigenvalue weighted by molar-refractivity contribution is 6.07. The van der Waals surface area contributed by atoms with Gasteiger partial charge in [-0.2, -0.15) is 0 Å². The molecule has 1 fully saturated rings. The van der Waals surface area contributed by atoms with Crippen LogP contribution < -0.4 is 20.7 Å². The summed E-state index contributed by atoms with van der Waals surface area (Å²) in [5, 5.41) is 2.91. The lowest BCUT2D eigenvalue weighted by Gasteiger charge is -2.34. The molecule has 0 atom stereocenters. The van der Waals surface area contributed by atoms with E-state index in [1.807, 2.05) is 30.3 Å². The summed E-state index contributed by atoms with van der Waals surface area (Å²) >= 11 is 0. The quantitative estimate of drug-likeness (QED) is 0.610. The number of nitrogens with zero attached hydrogens (tertiary/aromatic N) is 4. The maximum Gasteiger partial charge on any atom is 0.278 e. The van der Waals surface area contributed by atoms with Gasteiger partial charge in [0.2, 0.25) is 0 Å². The number of nitrogens with two attached hydrogens (primary N) is 1. The van der Waals surface area contributed by atoms with Crippen LogP contribution in [0.2, 0.25) is 0 Å². The lowest BCUT2D eigenvalue weighted by Crippen LogP contribution is -2.38. The molecule has 3 aliphatic rings. The Labute approximate surface area is 167 Å². The number of rotatable bonds is 0. The summed E-state index contributed by atoms with van der Waals surface area (Å²) in [7, 11) is 0. The first-order chi connectivity index (χ1) is 14.2. The van der Waals surface area contributed by atoms with Crippen molar-refractivity contribution in [3.05, 3.63) is 54.6 Å². The predicted octanol–water partition coefficient (Wildman–Crippen LogP) is 2.73. The van der Waals surface area contributed by atoms with Crippen LogP contribution >= 0.6 is 0 Å². The molecule has 1 aromatic carbocycles. The van der Waals surface area contributed by atoms with Gasteiger partial charge in [-0.1, -0.05) is 12.1 Å². The molecule has 1 amide bonds. The molecule has 8 heteroatoms. The molecule has 0 aliphatic carbocycles. The normalized spacial score (nSPS) is 16.3. The molecule has 3 N–H and O–H groups in total. The fraction of sp³-hybridized carbons (Fsp3) is 0.238. The zero-order valence-electron chi connectivity index (χ0n) is 15.7. The van der Waals surface area contributed by atoms with Gasteiger partial charge in [0, 0.05) is 37.7 Å². The number of anilines is 3. The maximum atomic E-state index is 13.0. The largest absolute Gasteiger partial charge is 0.490 e. The molecule has 0 radical (unpaired) electrons.